The molecule has 1 heterocycles. The summed E-state index contributed by atoms with van der Waals surface area (Å²) in [6.07, 6.45) is 1.84. The summed E-state index contributed by atoms with van der Waals surface area (Å²) in [5, 5.41) is 0. The topological polar surface area (TPSA) is 22.1 Å². The molecule has 0 radical (unpaired) electrons. The summed E-state index contributed by atoms with van der Waals surface area (Å²) in [7, 11) is 1.49. The fourth-order valence-electron chi connectivity index (χ4n) is 1.63. The monoisotopic (exact) mass is 235 g/mol. The van der Waals surface area contributed by atoms with Crippen LogP contribution in [0.1, 0.15) is 11.1 Å². The lowest BCUT2D eigenvalue weighted by atomic mass is 10.1. The van der Waals surface area contributed by atoms with Crippen LogP contribution in [-0.4, -0.2) is 12.1 Å². The molecule has 0 saturated heterocycles. The van der Waals surface area contributed by atoms with Gasteiger partial charge in [-0.15, -0.1) is 0 Å². The van der Waals surface area contributed by atoms with Gasteiger partial charge in [-0.25, -0.2) is 13.8 Å². The molecular weight excluding hydrogens is 224 g/mol. The lowest BCUT2D eigenvalue weighted by Crippen LogP contribution is -1.98. The average Bonchev–Trinajstić information content (AvgIpc) is 2.34. The maximum Gasteiger partial charge on any atom is 0.216 e. The molecule has 88 valence electrons. The zero-order chi connectivity index (χ0) is 12.3. The Morgan fingerprint density at radius 2 is 2.00 bits per heavy atom. The van der Waals surface area contributed by atoms with Crippen molar-refractivity contribution in [3.8, 4) is 5.88 Å². The molecule has 0 aliphatic rings. The number of pyridine rings is 1. The Morgan fingerprint density at radius 3 is 2.76 bits per heavy atom. The van der Waals surface area contributed by atoms with E-state index >= 15 is 0 Å². The molecule has 1 aromatic heterocycles. The lowest BCUT2D eigenvalue weighted by molar-refractivity contribution is 0.393. The van der Waals surface area contributed by atoms with Gasteiger partial charge in [0.2, 0.25) is 5.88 Å². The molecule has 0 aliphatic carbocycles. The third-order valence-electron chi connectivity index (χ3n) is 2.43. The van der Waals surface area contributed by atoms with Crippen molar-refractivity contribution in [2.24, 2.45) is 0 Å². The highest BCUT2D eigenvalue weighted by atomic mass is 19.1. The van der Waals surface area contributed by atoms with Crippen LogP contribution >= 0.6 is 0 Å². The molecule has 0 unspecified atom stereocenters. The molecule has 0 atom stereocenters. The molecule has 2 aromatic rings. The van der Waals surface area contributed by atoms with Gasteiger partial charge >= 0.3 is 0 Å². The summed E-state index contributed by atoms with van der Waals surface area (Å²) >= 11 is 0. The Balaban J connectivity index is 2.34. The second-order valence-electron chi connectivity index (χ2n) is 3.58. The van der Waals surface area contributed by atoms with Crippen LogP contribution in [0.3, 0.4) is 0 Å². The summed E-state index contributed by atoms with van der Waals surface area (Å²) in [6.45, 7) is 0. The predicted molar refractivity (Wildman–Crippen MR) is 60.0 cm³/mol. The number of benzene rings is 1. The maximum absolute atomic E-state index is 13.5. The third kappa shape index (κ3) is 2.58. The molecule has 4 heteroatoms. The van der Waals surface area contributed by atoms with E-state index in [1.165, 1.54) is 13.2 Å². The van der Waals surface area contributed by atoms with E-state index in [1.54, 1.807) is 18.3 Å². The summed E-state index contributed by atoms with van der Waals surface area (Å²) in [4.78, 5) is 4.01. The number of ether oxygens (including phenoxy) is 1. The normalized spacial score (nSPS) is 10.3. The Hall–Kier alpha value is -1.97. The highest BCUT2D eigenvalue weighted by Crippen LogP contribution is 2.20. The second-order valence-corrected chi connectivity index (χ2v) is 3.58. The first-order chi connectivity index (χ1) is 8.20. The van der Waals surface area contributed by atoms with Crippen LogP contribution in [0.2, 0.25) is 0 Å². The Kier molecular flexibility index (Phi) is 3.32. The van der Waals surface area contributed by atoms with Crippen molar-refractivity contribution in [3.63, 3.8) is 0 Å². The number of hydrogen-bond acceptors (Lipinski definition) is 2. The molecule has 0 amide bonds. The Bertz CT molecular complexity index is 529. The highest BCUT2D eigenvalue weighted by molar-refractivity contribution is 5.33. The van der Waals surface area contributed by atoms with Gasteiger partial charge in [-0.2, -0.15) is 0 Å². The molecule has 0 aliphatic heterocycles. The van der Waals surface area contributed by atoms with Gasteiger partial charge in [0.25, 0.3) is 0 Å². The quantitative estimate of drug-likeness (QED) is 0.816. The number of methoxy groups -OCH3 is 1. The van der Waals surface area contributed by atoms with Crippen LogP contribution < -0.4 is 4.74 Å². The third-order valence-corrected chi connectivity index (χ3v) is 2.43. The zero-order valence-corrected chi connectivity index (χ0v) is 9.28. The number of rotatable bonds is 3. The van der Waals surface area contributed by atoms with Crippen molar-refractivity contribution in [1.82, 2.24) is 4.98 Å². The van der Waals surface area contributed by atoms with Crippen molar-refractivity contribution in [2.45, 2.75) is 6.42 Å². The first-order valence-corrected chi connectivity index (χ1v) is 5.12. The van der Waals surface area contributed by atoms with Crippen LogP contribution in [0.4, 0.5) is 8.78 Å². The van der Waals surface area contributed by atoms with Gasteiger partial charge in [0.05, 0.1) is 7.11 Å². The summed E-state index contributed by atoms with van der Waals surface area (Å²) in [5.41, 5.74) is 1.01. The van der Waals surface area contributed by atoms with E-state index in [0.29, 0.717) is 5.88 Å². The Labute approximate surface area is 97.9 Å². The van der Waals surface area contributed by atoms with E-state index in [1.807, 2.05) is 0 Å². The van der Waals surface area contributed by atoms with Crippen LogP contribution in [0.15, 0.2) is 36.5 Å². The average molecular weight is 235 g/mol. The van der Waals surface area contributed by atoms with E-state index < -0.39 is 11.6 Å². The summed E-state index contributed by atoms with van der Waals surface area (Å²) in [5.74, 6) is -0.460. The molecule has 2 rings (SSSR count). The minimum Gasteiger partial charge on any atom is -0.481 e. The standard InChI is InChI=1S/C13H11F2NO/c1-17-13-9(3-2-6-16-13)7-10-8-11(14)4-5-12(10)15/h2-6,8H,7H2,1H3. The SMILES string of the molecule is COc1ncccc1Cc1cc(F)ccc1F. The van der Waals surface area contributed by atoms with E-state index in [4.69, 9.17) is 4.74 Å². The smallest absolute Gasteiger partial charge is 0.216 e. The molecule has 1 aromatic carbocycles. The molecule has 0 spiro atoms. The first-order valence-electron chi connectivity index (χ1n) is 5.12. The fraction of sp³-hybridized carbons (Fsp3) is 0.154. The fourth-order valence-corrected chi connectivity index (χ4v) is 1.63. The maximum atomic E-state index is 13.5. The molecular formula is C13H11F2NO. The molecule has 0 N–H and O–H groups in total. The van der Waals surface area contributed by atoms with Gasteiger partial charge in [0.15, 0.2) is 0 Å². The van der Waals surface area contributed by atoms with Crippen molar-refractivity contribution in [2.75, 3.05) is 7.11 Å². The van der Waals surface area contributed by atoms with Crippen LogP contribution in [0.25, 0.3) is 0 Å². The van der Waals surface area contributed by atoms with Crippen molar-refractivity contribution in [3.05, 3.63) is 59.3 Å². The number of nitrogens with zero attached hydrogens (tertiary/aromatic N) is 1. The van der Waals surface area contributed by atoms with Gasteiger partial charge in [0.1, 0.15) is 11.6 Å². The summed E-state index contributed by atoms with van der Waals surface area (Å²) < 4.78 is 31.5. The van der Waals surface area contributed by atoms with E-state index in [2.05, 4.69) is 4.98 Å². The number of halogens is 2. The molecule has 2 nitrogen and oxygen atoms in total. The van der Waals surface area contributed by atoms with Crippen LogP contribution in [-0.2, 0) is 6.42 Å². The van der Waals surface area contributed by atoms with Crippen molar-refractivity contribution < 1.29 is 13.5 Å². The van der Waals surface area contributed by atoms with Crippen molar-refractivity contribution >= 4 is 0 Å². The molecule has 0 fully saturated rings. The van der Waals surface area contributed by atoms with Crippen LogP contribution in [0.5, 0.6) is 5.88 Å². The minimum atomic E-state index is -0.454. The summed E-state index contributed by atoms with van der Waals surface area (Å²) in [6, 6.07) is 6.90. The minimum absolute atomic E-state index is 0.251. The van der Waals surface area contributed by atoms with Gasteiger partial charge in [-0.1, -0.05) is 6.07 Å². The highest BCUT2D eigenvalue weighted by Gasteiger charge is 2.09. The molecule has 0 saturated carbocycles. The molecule has 0 bridgehead atoms. The van der Waals surface area contributed by atoms with Gasteiger partial charge in [-0.05, 0) is 29.8 Å². The number of aromatic nitrogens is 1. The van der Waals surface area contributed by atoms with Gasteiger partial charge in [-0.3, -0.25) is 0 Å². The van der Waals surface area contributed by atoms with Gasteiger partial charge < -0.3 is 4.74 Å². The largest absolute Gasteiger partial charge is 0.481 e. The van der Waals surface area contributed by atoms with Gasteiger partial charge in [0, 0.05) is 18.2 Å². The number of hydrogen-bond donors (Lipinski definition) is 0. The molecule has 17 heavy (non-hydrogen) atoms. The Morgan fingerprint density at radius 1 is 1.18 bits per heavy atom. The van der Waals surface area contributed by atoms with Crippen molar-refractivity contribution in [1.29, 1.82) is 0 Å². The zero-order valence-electron chi connectivity index (χ0n) is 9.28. The first kappa shape index (κ1) is 11.5. The van der Waals surface area contributed by atoms with Crippen LogP contribution in [0, 0.1) is 11.6 Å². The predicted octanol–water partition coefficient (Wildman–Crippen LogP) is 2.96. The lowest BCUT2D eigenvalue weighted by Gasteiger charge is -2.07. The van der Waals surface area contributed by atoms with E-state index in [9.17, 15) is 8.78 Å². The van der Waals surface area contributed by atoms with E-state index in [-0.39, 0.29) is 12.0 Å². The second kappa shape index (κ2) is 4.91. The van der Waals surface area contributed by atoms with E-state index in [0.717, 1.165) is 17.7 Å².